The van der Waals surface area contributed by atoms with Gasteiger partial charge in [0.1, 0.15) is 24.4 Å². The molecule has 0 aromatic carbocycles. The molecule has 8 nitrogen and oxygen atoms in total. The fraction of sp³-hybridized carbons (Fsp3) is 0.727. The quantitative estimate of drug-likeness (QED) is 0.255. The van der Waals surface area contributed by atoms with E-state index in [-0.39, 0.29) is 6.61 Å². The third-order valence-electron chi connectivity index (χ3n) is 2.61. The van der Waals surface area contributed by atoms with Gasteiger partial charge in [0.05, 0.1) is 13.2 Å². The minimum Gasteiger partial charge on any atom is -0.460 e. The minimum absolute atomic E-state index is 0.121. The molecule has 0 saturated carbocycles. The summed E-state index contributed by atoms with van der Waals surface area (Å²) in [7, 11) is 0. The topological polar surface area (TPSA) is 126 Å². The number of carbonyl (C=O) groups excluding carboxylic acids is 1. The number of aliphatic hydroxyl groups is 4. The van der Waals surface area contributed by atoms with Crippen molar-refractivity contribution in [1.82, 2.24) is 0 Å². The largest absolute Gasteiger partial charge is 0.460 e. The van der Waals surface area contributed by atoms with Crippen LogP contribution in [-0.4, -0.2) is 70.3 Å². The zero-order valence-corrected chi connectivity index (χ0v) is 10.4. The van der Waals surface area contributed by atoms with Crippen LogP contribution in [0.1, 0.15) is 6.92 Å². The second kappa shape index (κ2) is 6.83. The van der Waals surface area contributed by atoms with Gasteiger partial charge in [0, 0.05) is 0 Å². The molecule has 1 saturated heterocycles. The van der Waals surface area contributed by atoms with E-state index in [1.807, 2.05) is 0 Å². The summed E-state index contributed by atoms with van der Waals surface area (Å²) in [4.78, 5) is 11.3. The second-order valence-electron chi connectivity index (χ2n) is 3.96. The van der Waals surface area contributed by atoms with Crippen LogP contribution in [0, 0.1) is 0 Å². The lowest BCUT2D eigenvalue weighted by atomic mass is 9.99. The molecular formula is C11H18O8. The molecule has 1 heterocycles. The van der Waals surface area contributed by atoms with Crippen LogP contribution in [0.15, 0.2) is 12.3 Å². The smallest absolute Gasteiger partial charge is 0.373 e. The van der Waals surface area contributed by atoms with Gasteiger partial charge in [0.15, 0.2) is 0 Å². The predicted molar refractivity (Wildman–Crippen MR) is 60.6 cm³/mol. The van der Waals surface area contributed by atoms with Gasteiger partial charge in [-0.1, -0.05) is 0 Å². The van der Waals surface area contributed by atoms with Crippen molar-refractivity contribution in [2.45, 2.75) is 37.6 Å². The van der Waals surface area contributed by atoms with Gasteiger partial charge in [-0.2, -0.15) is 0 Å². The molecule has 1 rings (SSSR count). The van der Waals surface area contributed by atoms with Gasteiger partial charge < -0.3 is 34.6 Å². The predicted octanol–water partition coefficient (Wildman–Crippen LogP) is -2.12. The molecule has 0 unspecified atom stereocenters. The van der Waals surface area contributed by atoms with E-state index in [0.29, 0.717) is 0 Å². The van der Waals surface area contributed by atoms with Crippen molar-refractivity contribution >= 4 is 5.97 Å². The van der Waals surface area contributed by atoms with Gasteiger partial charge in [-0.15, -0.1) is 0 Å². The Kier molecular flexibility index (Phi) is 5.70. The van der Waals surface area contributed by atoms with Crippen molar-refractivity contribution in [2.75, 3.05) is 13.2 Å². The monoisotopic (exact) mass is 278 g/mol. The van der Waals surface area contributed by atoms with E-state index in [9.17, 15) is 20.1 Å². The first kappa shape index (κ1) is 15.9. The fourth-order valence-corrected chi connectivity index (χ4v) is 1.56. The van der Waals surface area contributed by atoms with Crippen LogP contribution in [0.2, 0.25) is 0 Å². The van der Waals surface area contributed by atoms with Crippen molar-refractivity contribution in [3.05, 3.63) is 12.3 Å². The maximum atomic E-state index is 11.3. The highest BCUT2D eigenvalue weighted by Crippen LogP contribution is 2.23. The number of rotatable bonds is 5. The highest BCUT2D eigenvalue weighted by molar-refractivity contribution is 5.85. The summed E-state index contributed by atoms with van der Waals surface area (Å²) in [6, 6.07) is 0. The number of ether oxygens (including phenoxy) is 3. The van der Waals surface area contributed by atoms with E-state index < -0.39 is 49.0 Å². The molecule has 8 heteroatoms. The SMILES string of the molecule is C=C(O[C@@H]1O[C@H](CO)[C@H](O)[C@H](O)[C@H]1O)C(=O)OCC. The molecule has 0 aliphatic carbocycles. The first-order valence-corrected chi connectivity index (χ1v) is 5.75. The molecule has 0 amide bonds. The summed E-state index contributed by atoms with van der Waals surface area (Å²) in [5.74, 6) is -1.24. The lowest BCUT2D eigenvalue weighted by Crippen LogP contribution is -2.59. The fourth-order valence-electron chi connectivity index (χ4n) is 1.56. The van der Waals surface area contributed by atoms with E-state index >= 15 is 0 Å². The third kappa shape index (κ3) is 3.64. The Morgan fingerprint density at radius 3 is 2.42 bits per heavy atom. The van der Waals surface area contributed by atoms with E-state index in [2.05, 4.69) is 11.3 Å². The van der Waals surface area contributed by atoms with Gasteiger partial charge in [0.2, 0.25) is 12.0 Å². The van der Waals surface area contributed by atoms with Crippen LogP contribution in [-0.2, 0) is 19.0 Å². The minimum atomic E-state index is -1.59. The van der Waals surface area contributed by atoms with Gasteiger partial charge in [-0.05, 0) is 13.5 Å². The summed E-state index contributed by atoms with van der Waals surface area (Å²) >= 11 is 0. The summed E-state index contributed by atoms with van der Waals surface area (Å²) in [5.41, 5.74) is 0. The lowest BCUT2D eigenvalue weighted by Gasteiger charge is -2.39. The lowest BCUT2D eigenvalue weighted by molar-refractivity contribution is -0.291. The number of hydrogen-bond acceptors (Lipinski definition) is 8. The third-order valence-corrected chi connectivity index (χ3v) is 2.61. The Bertz CT molecular complexity index is 329. The van der Waals surface area contributed by atoms with Crippen molar-refractivity contribution < 1.29 is 39.4 Å². The Balaban J connectivity index is 2.66. The zero-order chi connectivity index (χ0) is 14.6. The van der Waals surface area contributed by atoms with Gasteiger partial charge in [-0.25, -0.2) is 4.79 Å². The number of aliphatic hydroxyl groups excluding tert-OH is 4. The number of esters is 1. The molecule has 0 bridgehead atoms. The van der Waals surface area contributed by atoms with Crippen molar-refractivity contribution in [3.8, 4) is 0 Å². The number of hydrogen-bond donors (Lipinski definition) is 4. The Hall–Kier alpha value is -1.19. The Labute approximate surface area is 109 Å². The van der Waals surface area contributed by atoms with E-state index in [1.54, 1.807) is 6.92 Å². The Morgan fingerprint density at radius 2 is 1.89 bits per heavy atom. The molecule has 1 fully saturated rings. The summed E-state index contributed by atoms with van der Waals surface area (Å²) in [6.07, 6.45) is -7.21. The molecule has 0 aromatic heterocycles. The van der Waals surface area contributed by atoms with Crippen LogP contribution in [0.25, 0.3) is 0 Å². The van der Waals surface area contributed by atoms with Crippen LogP contribution in [0.5, 0.6) is 0 Å². The standard InChI is InChI=1S/C11H18O8/c1-3-17-10(16)5(2)18-11-9(15)8(14)7(13)6(4-12)19-11/h6-9,11-15H,2-4H2,1H3/t6-,7+,8+,9-,11-/m1/s1. The maximum Gasteiger partial charge on any atom is 0.373 e. The molecule has 4 N–H and O–H groups in total. The van der Waals surface area contributed by atoms with Crippen LogP contribution >= 0.6 is 0 Å². The molecular weight excluding hydrogens is 260 g/mol. The molecule has 0 spiro atoms. The first-order chi connectivity index (χ1) is 8.92. The normalized spacial score (nSPS) is 34.7. The second-order valence-corrected chi connectivity index (χ2v) is 3.96. The van der Waals surface area contributed by atoms with Crippen molar-refractivity contribution in [1.29, 1.82) is 0 Å². The summed E-state index contributed by atoms with van der Waals surface area (Å²) in [5, 5.41) is 37.7. The molecule has 110 valence electrons. The van der Waals surface area contributed by atoms with Crippen LogP contribution in [0.3, 0.4) is 0 Å². The molecule has 5 atom stereocenters. The van der Waals surface area contributed by atoms with Crippen LogP contribution in [0.4, 0.5) is 0 Å². The zero-order valence-electron chi connectivity index (χ0n) is 10.4. The van der Waals surface area contributed by atoms with Crippen molar-refractivity contribution in [3.63, 3.8) is 0 Å². The molecule has 1 aliphatic rings. The average molecular weight is 278 g/mol. The highest BCUT2D eigenvalue weighted by atomic mass is 16.7. The molecule has 19 heavy (non-hydrogen) atoms. The summed E-state index contributed by atoms with van der Waals surface area (Å²) < 4.78 is 14.6. The van der Waals surface area contributed by atoms with Gasteiger partial charge in [-0.3, -0.25) is 0 Å². The Morgan fingerprint density at radius 1 is 1.26 bits per heavy atom. The number of carbonyl (C=O) groups is 1. The van der Waals surface area contributed by atoms with Crippen molar-refractivity contribution in [2.24, 2.45) is 0 Å². The molecule has 1 aliphatic heterocycles. The average Bonchev–Trinajstić information content (AvgIpc) is 2.39. The first-order valence-electron chi connectivity index (χ1n) is 5.75. The molecule has 0 radical (unpaired) electrons. The van der Waals surface area contributed by atoms with E-state index in [1.165, 1.54) is 0 Å². The maximum absolute atomic E-state index is 11.3. The van der Waals surface area contributed by atoms with E-state index in [0.717, 1.165) is 0 Å². The van der Waals surface area contributed by atoms with E-state index in [4.69, 9.17) is 14.6 Å². The van der Waals surface area contributed by atoms with Gasteiger partial charge >= 0.3 is 5.97 Å². The molecule has 0 aromatic rings. The van der Waals surface area contributed by atoms with Crippen LogP contribution < -0.4 is 0 Å². The summed E-state index contributed by atoms with van der Waals surface area (Å²) in [6.45, 7) is 4.43. The highest BCUT2D eigenvalue weighted by Gasteiger charge is 2.45. The van der Waals surface area contributed by atoms with Gasteiger partial charge in [0.25, 0.3) is 0 Å².